The molecule has 0 aliphatic heterocycles. The van der Waals surface area contributed by atoms with Crippen LogP contribution >= 0.6 is 15.9 Å². The minimum absolute atomic E-state index is 0.566. The largest absolute Gasteiger partial charge is 0.493 e. The first-order valence-electron chi connectivity index (χ1n) is 6.10. The second kappa shape index (κ2) is 5.72. The Morgan fingerprint density at radius 2 is 2.00 bits per heavy atom. The molecule has 0 radical (unpaired) electrons. The molecule has 1 unspecified atom stereocenters. The van der Waals surface area contributed by atoms with Crippen LogP contribution in [0.15, 0.2) is 18.2 Å². The molecule has 2 heteroatoms. The molecule has 0 bridgehead atoms. The highest BCUT2D eigenvalue weighted by Gasteiger charge is 2.10. The van der Waals surface area contributed by atoms with Gasteiger partial charge in [-0.1, -0.05) is 28.9 Å². The molecule has 0 saturated heterocycles. The first kappa shape index (κ1) is 12.0. The van der Waals surface area contributed by atoms with Crippen LogP contribution in [0.4, 0.5) is 0 Å². The van der Waals surface area contributed by atoms with Crippen molar-refractivity contribution in [2.45, 2.75) is 32.6 Å². The van der Waals surface area contributed by atoms with E-state index in [1.165, 1.54) is 36.8 Å². The van der Waals surface area contributed by atoms with Crippen LogP contribution in [0, 0.1) is 5.92 Å². The molecule has 88 valence electrons. The fourth-order valence-corrected chi connectivity index (χ4v) is 2.27. The molecule has 1 nitrogen and oxygen atoms in total. The molecule has 1 atom stereocenters. The van der Waals surface area contributed by atoms with Crippen LogP contribution in [-0.2, 0) is 12.8 Å². The maximum absolute atomic E-state index is 5.79. The molecule has 16 heavy (non-hydrogen) atoms. The standard InChI is InChI=1S/C14H19BrO/c1-11(9-15)10-16-14-7-6-12-4-2-3-5-13(12)8-14/h6-8,11H,2-5,9-10H2,1H3. The first-order valence-corrected chi connectivity index (χ1v) is 7.22. The molecule has 0 amide bonds. The van der Waals surface area contributed by atoms with Crippen LogP contribution < -0.4 is 4.74 Å². The Kier molecular flexibility index (Phi) is 4.28. The summed E-state index contributed by atoms with van der Waals surface area (Å²) in [7, 11) is 0. The van der Waals surface area contributed by atoms with Gasteiger partial charge in [-0.15, -0.1) is 0 Å². The Labute approximate surface area is 106 Å². The summed E-state index contributed by atoms with van der Waals surface area (Å²) in [6.07, 6.45) is 5.13. The molecule has 0 N–H and O–H groups in total. The zero-order chi connectivity index (χ0) is 11.4. The van der Waals surface area contributed by atoms with E-state index in [2.05, 4.69) is 41.1 Å². The molecule has 1 aromatic carbocycles. The molecule has 0 saturated carbocycles. The molecule has 1 aliphatic rings. The lowest BCUT2D eigenvalue weighted by Crippen LogP contribution is -2.10. The quantitative estimate of drug-likeness (QED) is 0.760. The summed E-state index contributed by atoms with van der Waals surface area (Å²) in [6.45, 7) is 2.98. The zero-order valence-electron chi connectivity index (χ0n) is 9.84. The smallest absolute Gasteiger partial charge is 0.119 e. The second-order valence-electron chi connectivity index (χ2n) is 4.71. The van der Waals surface area contributed by atoms with Gasteiger partial charge in [-0.2, -0.15) is 0 Å². The number of ether oxygens (including phenoxy) is 1. The van der Waals surface area contributed by atoms with Gasteiger partial charge in [0, 0.05) is 5.33 Å². The van der Waals surface area contributed by atoms with Gasteiger partial charge in [0.25, 0.3) is 0 Å². The summed E-state index contributed by atoms with van der Waals surface area (Å²) in [5.74, 6) is 1.60. The van der Waals surface area contributed by atoms with Crippen molar-refractivity contribution in [3.63, 3.8) is 0 Å². The summed E-state index contributed by atoms with van der Waals surface area (Å²) in [6, 6.07) is 6.59. The van der Waals surface area contributed by atoms with Gasteiger partial charge in [0.05, 0.1) is 6.61 Å². The molecule has 1 aromatic rings. The molecule has 2 rings (SSSR count). The van der Waals surface area contributed by atoms with Crippen molar-refractivity contribution < 1.29 is 4.74 Å². The predicted octanol–water partition coefficient (Wildman–Crippen LogP) is 3.98. The Hall–Kier alpha value is -0.500. The molecule has 0 fully saturated rings. The maximum Gasteiger partial charge on any atom is 0.119 e. The normalized spacial score (nSPS) is 16.6. The average molecular weight is 283 g/mol. The topological polar surface area (TPSA) is 9.23 Å². The van der Waals surface area contributed by atoms with E-state index >= 15 is 0 Å². The van der Waals surface area contributed by atoms with Gasteiger partial charge in [0.1, 0.15) is 5.75 Å². The van der Waals surface area contributed by atoms with Crippen LogP contribution in [0.3, 0.4) is 0 Å². The van der Waals surface area contributed by atoms with Gasteiger partial charge < -0.3 is 4.74 Å². The molecule has 0 spiro atoms. The fraction of sp³-hybridized carbons (Fsp3) is 0.571. The molecular weight excluding hydrogens is 264 g/mol. The van der Waals surface area contributed by atoms with E-state index in [9.17, 15) is 0 Å². The van der Waals surface area contributed by atoms with E-state index in [-0.39, 0.29) is 0 Å². The Morgan fingerprint density at radius 1 is 1.25 bits per heavy atom. The van der Waals surface area contributed by atoms with Crippen molar-refractivity contribution in [1.82, 2.24) is 0 Å². The van der Waals surface area contributed by atoms with Crippen molar-refractivity contribution in [2.24, 2.45) is 5.92 Å². The van der Waals surface area contributed by atoms with Crippen molar-refractivity contribution >= 4 is 15.9 Å². The van der Waals surface area contributed by atoms with Crippen LogP contribution in [0.5, 0.6) is 5.75 Å². The lowest BCUT2D eigenvalue weighted by atomic mass is 9.92. The number of hydrogen-bond donors (Lipinski definition) is 0. The SMILES string of the molecule is CC(CBr)COc1ccc2c(c1)CCCC2. The van der Waals surface area contributed by atoms with E-state index in [1.54, 1.807) is 0 Å². The number of fused-ring (bicyclic) bond motifs is 1. The summed E-state index contributed by atoms with van der Waals surface area (Å²) in [5.41, 5.74) is 3.02. The number of rotatable bonds is 4. The van der Waals surface area contributed by atoms with Crippen molar-refractivity contribution in [1.29, 1.82) is 0 Å². The predicted molar refractivity (Wildman–Crippen MR) is 71.5 cm³/mol. The Bertz CT molecular complexity index is 349. The number of alkyl halides is 1. The number of benzene rings is 1. The van der Waals surface area contributed by atoms with Gasteiger partial charge in [-0.3, -0.25) is 0 Å². The average Bonchev–Trinajstić information content (AvgIpc) is 2.35. The highest BCUT2D eigenvalue weighted by atomic mass is 79.9. The second-order valence-corrected chi connectivity index (χ2v) is 5.36. The van der Waals surface area contributed by atoms with Crippen molar-refractivity contribution in [3.05, 3.63) is 29.3 Å². The van der Waals surface area contributed by atoms with E-state index in [0.29, 0.717) is 5.92 Å². The van der Waals surface area contributed by atoms with Crippen LogP contribution in [0.2, 0.25) is 0 Å². The van der Waals surface area contributed by atoms with Crippen LogP contribution in [-0.4, -0.2) is 11.9 Å². The minimum Gasteiger partial charge on any atom is -0.493 e. The Morgan fingerprint density at radius 3 is 2.75 bits per heavy atom. The minimum atomic E-state index is 0.566. The number of hydrogen-bond acceptors (Lipinski definition) is 1. The zero-order valence-corrected chi connectivity index (χ0v) is 11.4. The van der Waals surface area contributed by atoms with Gasteiger partial charge in [0.2, 0.25) is 0 Å². The summed E-state index contributed by atoms with van der Waals surface area (Å²) < 4.78 is 5.79. The lowest BCUT2D eigenvalue weighted by molar-refractivity contribution is 0.273. The Balaban J connectivity index is 2.00. The summed E-state index contributed by atoms with van der Waals surface area (Å²) in [4.78, 5) is 0. The van der Waals surface area contributed by atoms with Crippen LogP contribution in [0.25, 0.3) is 0 Å². The van der Waals surface area contributed by atoms with Gasteiger partial charge in [0.15, 0.2) is 0 Å². The highest BCUT2D eigenvalue weighted by Crippen LogP contribution is 2.25. The molecule has 1 aliphatic carbocycles. The van der Waals surface area contributed by atoms with Crippen molar-refractivity contribution in [2.75, 3.05) is 11.9 Å². The molecule has 0 aromatic heterocycles. The van der Waals surface area contributed by atoms with Crippen molar-refractivity contribution in [3.8, 4) is 5.75 Å². The van der Waals surface area contributed by atoms with Gasteiger partial charge in [-0.25, -0.2) is 0 Å². The van der Waals surface area contributed by atoms with E-state index in [0.717, 1.165) is 17.7 Å². The van der Waals surface area contributed by atoms with E-state index in [1.807, 2.05) is 0 Å². The molecular formula is C14H19BrO. The highest BCUT2D eigenvalue weighted by molar-refractivity contribution is 9.09. The third kappa shape index (κ3) is 3.00. The van der Waals surface area contributed by atoms with E-state index in [4.69, 9.17) is 4.74 Å². The summed E-state index contributed by atoms with van der Waals surface area (Å²) in [5, 5.41) is 0.998. The molecule has 0 heterocycles. The number of halogens is 1. The first-order chi connectivity index (χ1) is 7.79. The van der Waals surface area contributed by atoms with E-state index < -0.39 is 0 Å². The summed E-state index contributed by atoms with van der Waals surface area (Å²) >= 11 is 3.47. The van der Waals surface area contributed by atoms with Crippen LogP contribution in [0.1, 0.15) is 30.9 Å². The third-order valence-electron chi connectivity index (χ3n) is 3.12. The lowest BCUT2D eigenvalue weighted by Gasteiger charge is -2.17. The van der Waals surface area contributed by atoms with Gasteiger partial charge >= 0.3 is 0 Å². The maximum atomic E-state index is 5.79. The fourth-order valence-electron chi connectivity index (χ4n) is 2.08. The number of aryl methyl sites for hydroxylation is 2. The third-order valence-corrected chi connectivity index (χ3v) is 4.22. The van der Waals surface area contributed by atoms with Gasteiger partial charge in [-0.05, 0) is 54.9 Å². The monoisotopic (exact) mass is 282 g/mol.